The molecular weight excluding hydrogens is 403 g/mol. The number of ether oxygens (including phenoxy) is 1. The highest BCUT2D eigenvalue weighted by Gasteiger charge is 2.21. The van der Waals surface area contributed by atoms with Gasteiger partial charge < -0.3 is 10.1 Å². The van der Waals surface area contributed by atoms with Crippen molar-refractivity contribution in [2.75, 3.05) is 7.05 Å². The van der Waals surface area contributed by atoms with Crippen molar-refractivity contribution in [3.63, 3.8) is 0 Å². The zero-order chi connectivity index (χ0) is 22.1. The average molecular weight is 426 g/mol. The molecule has 5 nitrogen and oxygen atoms in total. The molecule has 6 heteroatoms. The SMILES string of the molecule is CNC(C)[C@H](Oc1ccc2c(cnn2-c2ccc(F)cc2)c1)c1cnc2ccccc2c1. The van der Waals surface area contributed by atoms with Crippen LogP contribution in [0.4, 0.5) is 4.39 Å². The highest BCUT2D eigenvalue weighted by atomic mass is 19.1. The van der Waals surface area contributed by atoms with Gasteiger partial charge in [-0.05, 0) is 68.6 Å². The quantitative estimate of drug-likeness (QED) is 0.393. The van der Waals surface area contributed by atoms with Gasteiger partial charge in [0.25, 0.3) is 0 Å². The molecule has 0 bridgehead atoms. The summed E-state index contributed by atoms with van der Waals surface area (Å²) in [6.45, 7) is 2.09. The normalized spacial score (nSPS) is 13.3. The molecule has 32 heavy (non-hydrogen) atoms. The van der Waals surface area contributed by atoms with E-state index in [4.69, 9.17) is 4.74 Å². The van der Waals surface area contributed by atoms with Crippen molar-refractivity contribution in [3.05, 3.63) is 96.6 Å². The first-order valence-corrected chi connectivity index (χ1v) is 10.5. The summed E-state index contributed by atoms with van der Waals surface area (Å²) in [4.78, 5) is 4.61. The number of hydrogen-bond donors (Lipinski definition) is 1. The fourth-order valence-corrected chi connectivity index (χ4v) is 3.87. The zero-order valence-electron chi connectivity index (χ0n) is 17.9. The van der Waals surface area contributed by atoms with Gasteiger partial charge in [0, 0.05) is 28.6 Å². The minimum atomic E-state index is -0.270. The Bertz CT molecular complexity index is 1380. The maximum Gasteiger partial charge on any atom is 0.140 e. The van der Waals surface area contributed by atoms with E-state index in [2.05, 4.69) is 34.5 Å². The van der Waals surface area contributed by atoms with Crippen LogP contribution in [0.2, 0.25) is 0 Å². The molecular formula is C26H23FN4O. The molecule has 0 aliphatic carbocycles. The number of para-hydroxylation sites is 1. The highest BCUT2D eigenvalue weighted by molar-refractivity contribution is 5.82. The monoisotopic (exact) mass is 426 g/mol. The summed E-state index contributed by atoms with van der Waals surface area (Å²) in [7, 11) is 1.92. The van der Waals surface area contributed by atoms with E-state index in [0.29, 0.717) is 0 Å². The molecule has 0 aliphatic heterocycles. The largest absolute Gasteiger partial charge is 0.484 e. The Kier molecular flexibility index (Phi) is 5.29. The van der Waals surface area contributed by atoms with Crippen LogP contribution in [0.25, 0.3) is 27.5 Å². The Morgan fingerprint density at radius 1 is 0.938 bits per heavy atom. The van der Waals surface area contributed by atoms with Gasteiger partial charge >= 0.3 is 0 Å². The second-order valence-corrected chi connectivity index (χ2v) is 7.83. The molecule has 5 rings (SSSR count). The molecule has 2 atom stereocenters. The van der Waals surface area contributed by atoms with Gasteiger partial charge in [0.1, 0.15) is 17.7 Å². The molecule has 160 valence electrons. The summed E-state index contributed by atoms with van der Waals surface area (Å²) in [6, 6.07) is 22.4. The lowest BCUT2D eigenvalue weighted by atomic mass is 10.0. The molecule has 3 aromatic carbocycles. The molecule has 0 saturated carbocycles. The lowest BCUT2D eigenvalue weighted by Crippen LogP contribution is -2.32. The molecule has 0 spiro atoms. The van der Waals surface area contributed by atoms with E-state index in [-0.39, 0.29) is 18.0 Å². The molecule has 5 aromatic rings. The number of rotatable bonds is 6. The standard InChI is InChI=1S/C26H23FN4O/c1-17(28-2)26(20-13-18-5-3-4-6-24(18)29-15-20)32-23-11-12-25-19(14-23)16-30-31(25)22-9-7-21(27)8-10-22/h3-17,26,28H,1-2H3/t17?,26-/m0/s1. The summed E-state index contributed by atoms with van der Waals surface area (Å²) in [5.74, 6) is 0.477. The van der Waals surface area contributed by atoms with E-state index in [1.807, 2.05) is 49.6 Å². The fourth-order valence-electron chi connectivity index (χ4n) is 3.87. The third kappa shape index (κ3) is 3.81. The lowest BCUT2D eigenvalue weighted by molar-refractivity contribution is 0.166. The zero-order valence-corrected chi connectivity index (χ0v) is 17.9. The van der Waals surface area contributed by atoms with E-state index >= 15 is 0 Å². The van der Waals surface area contributed by atoms with Crippen molar-refractivity contribution in [1.29, 1.82) is 0 Å². The van der Waals surface area contributed by atoms with Crippen LogP contribution in [0.15, 0.2) is 85.2 Å². The second kappa shape index (κ2) is 8.40. The third-order valence-electron chi connectivity index (χ3n) is 5.72. The van der Waals surface area contributed by atoms with Crippen molar-refractivity contribution in [2.24, 2.45) is 0 Å². The summed E-state index contributed by atoms with van der Waals surface area (Å²) >= 11 is 0. The Morgan fingerprint density at radius 3 is 2.56 bits per heavy atom. The van der Waals surface area contributed by atoms with Crippen molar-refractivity contribution in [2.45, 2.75) is 19.1 Å². The number of nitrogens with zero attached hydrogens (tertiary/aromatic N) is 3. The number of likely N-dealkylation sites (N-methyl/N-ethyl adjacent to an activating group) is 1. The summed E-state index contributed by atoms with van der Waals surface area (Å²) in [6.07, 6.45) is 3.45. The van der Waals surface area contributed by atoms with Crippen LogP contribution in [0.1, 0.15) is 18.6 Å². The van der Waals surface area contributed by atoms with E-state index in [0.717, 1.165) is 38.8 Å². The number of benzene rings is 3. The summed E-state index contributed by atoms with van der Waals surface area (Å²) < 4.78 is 21.5. The highest BCUT2D eigenvalue weighted by Crippen LogP contribution is 2.29. The topological polar surface area (TPSA) is 52.0 Å². The van der Waals surface area contributed by atoms with Crippen LogP contribution < -0.4 is 10.1 Å². The molecule has 0 amide bonds. The Morgan fingerprint density at radius 2 is 1.75 bits per heavy atom. The molecule has 0 saturated heterocycles. The van der Waals surface area contributed by atoms with Crippen LogP contribution in [0.3, 0.4) is 0 Å². The Labute approximate surface area is 185 Å². The van der Waals surface area contributed by atoms with E-state index in [1.165, 1.54) is 12.1 Å². The van der Waals surface area contributed by atoms with Gasteiger partial charge in [-0.3, -0.25) is 4.98 Å². The van der Waals surface area contributed by atoms with Crippen LogP contribution in [-0.4, -0.2) is 27.9 Å². The van der Waals surface area contributed by atoms with Gasteiger partial charge in [-0.2, -0.15) is 5.10 Å². The average Bonchev–Trinajstić information content (AvgIpc) is 3.25. The van der Waals surface area contributed by atoms with Gasteiger partial charge in [-0.15, -0.1) is 0 Å². The van der Waals surface area contributed by atoms with Crippen molar-refractivity contribution in [3.8, 4) is 11.4 Å². The molecule has 0 fully saturated rings. The van der Waals surface area contributed by atoms with Gasteiger partial charge in [-0.1, -0.05) is 18.2 Å². The van der Waals surface area contributed by atoms with Crippen molar-refractivity contribution in [1.82, 2.24) is 20.1 Å². The molecule has 1 unspecified atom stereocenters. The fraction of sp³-hybridized carbons (Fsp3) is 0.154. The Hall–Kier alpha value is -3.77. The van der Waals surface area contributed by atoms with Crippen LogP contribution in [0.5, 0.6) is 5.75 Å². The minimum Gasteiger partial charge on any atom is -0.484 e. The van der Waals surface area contributed by atoms with Gasteiger partial charge in [0.15, 0.2) is 0 Å². The van der Waals surface area contributed by atoms with Crippen LogP contribution in [-0.2, 0) is 0 Å². The molecule has 2 aromatic heterocycles. The maximum atomic E-state index is 13.3. The number of hydrogen-bond acceptors (Lipinski definition) is 4. The number of fused-ring (bicyclic) bond motifs is 2. The number of nitrogens with one attached hydrogen (secondary N) is 1. The van der Waals surface area contributed by atoms with E-state index < -0.39 is 0 Å². The predicted octanol–water partition coefficient (Wildman–Crippen LogP) is 5.44. The maximum absolute atomic E-state index is 13.3. The lowest BCUT2D eigenvalue weighted by Gasteiger charge is -2.25. The summed E-state index contributed by atoms with van der Waals surface area (Å²) in [5, 5.41) is 9.80. The molecule has 1 N–H and O–H groups in total. The number of aromatic nitrogens is 3. The van der Waals surface area contributed by atoms with Crippen molar-refractivity contribution < 1.29 is 9.13 Å². The first-order valence-electron chi connectivity index (χ1n) is 10.5. The molecule has 0 aliphatic rings. The second-order valence-electron chi connectivity index (χ2n) is 7.83. The smallest absolute Gasteiger partial charge is 0.140 e. The number of pyridine rings is 1. The van der Waals surface area contributed by atoms with E-state index in [1.54, 1.807) is 23.0 Å². The van der Waals surface area contributed by atoms with Crippen LogP contribution >= 0.6 is 0 Å². The number of halogens is 1. The predicted molar refractivity (Wildman–Crippen MR) is 125 cm³/mol. The van der Waals surface area contributed by atoms with Gasteiger partial charge in [0.05, 0.1) is 22.9 Å². The van der Waals surface area contributed by atoms with Gasteiger partial charge in [0.2, 0.25) is 0 Å². The first-order chi connectivity index (χ1) is 15.6. The van der Waals surface area contributed by atoms with Crippen LogP contribution in [0, 0.1) is 5.82 Å². The third-order valence-corrected chi connectivity index (χ3v) is 5.72. The Balaban J connectivity index is 1.48. The van der Waals surface area contributed by atoms with Gasteiger partial charge in [-0.25, -0.2) is 9.07 Å². The first kappa shape index (κ1) is 20.2. The summed E-state index contributed by atoms with van der Waals surface area (Å²) in [5.41, 5.74) is 3.70. The van der Waals surface area contributed by atoms with Crippen molar-refractivity contribution >= 4 is 21.8 Å². The molecule has 2 heterocycles. The molecule has 0 radical (unpaired) electrons. The minimum absolute atomic E-state index is 0.0654. The van der Waals surface area contributed by atoms with E-state index in [9.17, 15) is 4.39 Å².